The van der Waals surface area contributed by atoms with E-state index in [1.165, 1.54) is 128 Å². The molecule has 0 bridgehead atoms. The van der Waals surface area contributed by atoms with E-state index in [9.17, 15) is 14.4 Å². The fraction of sp³-hybridized carbons (Fsp3) is 0.933. The minimum Gasteiger partial charge on any atom is -0.462 e. The zero-order valence-electron chi connectivity index (χ0n) is 34.7. The van der Waals surface area contributed by atoms with Gasteiger partial charge in [-0.25, -0.2) is 0 Å². The number of hydrogen-bond donors (Lipinski definition) is 0. The van der Waals surface area contributed by atoms with Crippen LogP contribution in [0.4, 0.5) is 0 Å². The van der Waals surface area contributed by atoms with Gasteiger partial charge < -0.3 is 14.2 Å². The van der Waals surface area contributed by atoms with Crippen molar-refractivity contribution in [2.24, 2.45) is 11.8 Å². The standard InChI is InChI=1S/C45H86O6/c1-6-8-9-10-11-12-13-16-19-25-30-35-43(46)49-38-42(51-45(48)37-32-27-22-21-24-29-34-41(5)7-2)39-50-44(47)36-31-26-20-17-14-15-18-23-28-33-40(3)4/h40-42H,6-39H2,1-5H3/t41?,42-/m1/s1. The van der Waals surface area contributed by atoms with E-state index >= 15 is 0 Å². The van der Waals surface area contributed by atoms with Crippen molar-refractivity contribution in [3.05, 3.63) is 0 Å². The van der Waals surface area contributed by atoms with Crippen molar-refractivity contribution in [3.63, 3.8) is 0 Å². The van der Waals surface area contributed by atoms with Crippen LogP contribution >= 0.6 is 0 Å². The maximum Gasteiger partial charge on any atom is 0.306 e. The van der Waals surface area contributed by atoms with E-state index in [2.05, 4.69) is 34.6 Å². The molecule has 0 N–H and O–H groups in total. The van der Waals surface area contributed by atoms with Gasteiger partial charge in [0.15, 0.2) is 6.10 Å². The summed E-state index contributed by atoms with van der Waals surface area (Å²) in [6, 6.07) is 0. The van der Waals surface area contributed by atoms with E-state index in [-0.39, 0.29) is 31.1 Å². The smallest absolute Gasteiger partial charge is 0.306 e. The van der Waals surface area contributed by atoms with Crippen LogP contribution in [-0.2, 0) is 28.6 Å². The normalized spacial score (nSPS) is 12.6. The first-order valence-electron chi connectivity index (χ1n) is 22.3. The van der Waals surface area contributed by atoms with Crippen molar-refractivity contribution in [2.45, 2.75) is 246 Å². The third-order valence-electron chi connectivity index (χ3n) is 10.3. The molecule has 0 spiro atoms. The van der Waals surface area contributed by atoms with Gasteiger partial charge in [0.1, 0.15) is 13.2 Å². The highest BCUT2D eigenvalue weighted by molar-refractivity contribution is 5.71. The van der Waals surface area contributed by atoms with Crippen molar-refractivity contribution >= 4 is 17.9 Å². The molecule has 0 aliphatic carbocycles. The van der Waals surface area contributed by atoms with Gasteiger partial charge in [-0.05, 0) is 31.1 Å². The predicted molar refractivity (Wildman–Crippen MR) is 215 cm³/mol. The highest BCUT2D eigenvalue weighted by Crippen LogP contribution is 2.17. The Labute approximate surface area is 317 Å². The lowest BCUT2D eigenvalue weighted by atomic mass is 10.00. The van der Waals surface area contributed by atoms with E-state index in [0.29, 0.717) is 19.3 Å². The zero-order chi connectivity index (χ0) is 37.6. The van der Waals surface area contributed by atoms with Crippen LogP contribution < -0.4 is 0 Å². The van der Waals surface area contributed by atoms with Crippen LogP contribution in [0, 0.1) is 11.8 Å². The average Bonchev–Trinajstić information content (AvgIpc) is 3.11. The van der Waals surface area contributed by atoms with E-state index in [1.807, 2.05) is 0 Å². The fourth-order valence-electron chi connectivity index (χ4n) is 6.54. The Kier molecular flexibility index (Phi) is 37.0. The first kappa shape index (κ1) is 49.4. The molecule has 0 saturated carbocycles. The molecule has 302 valence electrons. The minimum absolute atomic E-state index is 0.0659. The lowest BCUT2D eigenvalue weighted by Crippen LogP contribution is -2.30. The molecule has 0 aliphatic rings. The topological polar surface area (TPSA) is 78.9 Å². The van der Waals surface area contributed by atoms with E-state index < -0.39 is 6.10 Å². The molecule has 0 amide bonds. The molecule has 6 heteroatoms. The van der Waals surface area contributed by atoms with Crippen molar-refractivity contribution in [3.8, 4) is 0 Å². The minimum atomic E-state index is -0.760. The highest BCUT2D eigenvalue weighted by Gasteiger charge is 2.19. The van der Waals surface area contributed by atoms with Gasteiger partial charge in [0, 0.05) is 19.3 Å². The van der Waals surface area contributed by atoms with Crippen molar-refractivity contribution in [2.75, 3.05) is 13.2 Å². The second kappa shape index (κ2) is 38.1. The van der Waals surface area contributed by atoms with Crippen LogP contribution in [0.2, 0.25) is 0 Å². The van der Waals surface area contributed by atoms with E-state index in [0.717, 1.165) is 69.6 Å². The van der Waals surface area contributed by atoms with Gasteiger partial charge in [-0.2, -0.15) is 0 Å². The first-order valence-corrected chi connectivity index (χ1v) is 22.3. The van der Waals surface area contributed by atoms with Gasteiger partial charge in [-0.15, -0.1) is 0 Å². The summed E-state index contributed by atoms with van der Waals surface area (Å²) in [6.07, 6.45) is 35.2. The third-order valence-corrected chi connectivity index (χ3v) is 10.3. The number of esters is 3. The van der Waals surface area contributed by atoms with Crippen molar-refractivity contribution in [1.82, 2.24) is 0 Å². The summed E-state index contributed by atoms with van der Waals surface area (Å²) in [5.41, 5.74) is 0. The molecule has 0 aromatic heterocycles. The Bertz CT molecular complexity index is 781. The Balaban J connectivity index is 4.35. The van der Waals surface area contributed by atoms with Crippen molar-refractivity contribution < 1.29 is 28.6 Å². The molecule has 2 atom stereocenters. The SMILES string of the molecule is CCCCCCCCCCCCCC(=O)OC[C@H](COC(=O)CCCCCCCCCCCC(C)C)OC(=O)CCCCCCCCC(C)CC. The quantitative estimate of drug-likeness (QED) is 0.0357. The number of unbranched alkanes of at least 4 members (excludes halogenated alkanes) is 23. The number of hydrogen-bond acceptors (Lipinski definition) is 6. The fourth-order valence-corrected chi connectivity index (χ4v) is 6.54. The maximum absolute atomic E-state index is 12.7. The van der Waals surface area contributed by atoms with Crippen LogP contribution in [0.25, 0.3) is 0 Å². The van der Waals surface area contributed by atoms with Crippen molar-refractivity contribution in [1.29, 1.82) is 0 Å². The molecule has 0 fully saturated rings. The number of carbonyl (C=O) groups excluding carboxylic acids is 3. The molecular formula is C45H86O6. The molecule has 0 radical (unpaired) electrons. The van der Waals surface area contributed by atoms with Crippen LogP contribution in [0.3, 0.4) is 0 Å². The molecule has 0 aromatic carbocycles. The molecule has 0 saturated heterocycles. The van der Waals surface area contributed by atoms with Gasteiger partial charge in [0.25, 0.3) is 0 Å². The molecular weight excluding hydrogens is 636 g/mol. The Morgan fingerprint density at radius 2 is 0.745 bits per heavy atom. The number of carbonyl (C=O) groups is 3. The summed E-state index contributed by atoms with van der Waals surface area (Å²) in [5.74, 6) is 0.755. The molecule has 1 unspecified atom stereocenters. The number of rotatable bonds is 39. The lowest BCUT2D eigenvalue weighted by Gasteiger charge is -2.18. The van der Waals surface area contributed by atoms with Crippen LogP contribution in [-0.4, -0.2) is 37.2 Å². The maximum atomic E-state index is 12.7. The first-order chi connectivity index (χ1) is 24.8. The van der Waals surface area contributed by atoms with Gasteiger partial charge in [-0.3, -0.25) is 14.4 Å². The molecule has 0 aromatic rings. The van der Waals surface area contributed by atoms with Gasteiger partial charge in [0.05, 0.1) is 0 Å². The average molecular weight is 723 g/mol. The van der Waals surface area contributed by atoms with Crippen LogP contribution in [0.1, 0.15) is 240 Å². The Morgan fingerprint density at radius 1 is 0.412 bits per heavy atom. The molecule has 6 nitrogen and oxygen atoms in total. The number of ether oxygens (including phenoxy) is 3. The highest BCUT2D eigenvalue weighted by atomic mass is 16.6. The second-order valence-electron chi connectivity index (χ2n) is 16.1. The Morgan fingerprint density at radius 3 is 1.12 bits per heavy atom. The summed E-state index contributed by atoms with van der Waals surface area (Å²) < 4.78 is 16.7. The second-order valence-corrected chi connectivity index (χ2v) is 16.1. The molecule has 51 heavy (non-hydrogen) atoms. The van der Waals surface area contributed by atoms with Gasteiger partial charge in [-0.1, -0.05) is 202 Å². The molecule has 0 rings (SSSR count). The third kappa shape index (κ3) is 38.0. The molecule has 0 aliphatic heterocycles. The van der Waals surface area contributed by atoms with Gasteiger partial charge in [0.2, 0.25) is 0 Å². The van der Waals surface area contributed by atoms with E-state index in [4.69, 9.17) is 14.2 Å². The summed E-state index contributed by atoms with van der Waals surface area (Å²) in [5, 5.41) is 0. The van der Waals surface area contributed by atoms with E-state index in [1.54, 1.807) is 0 Å². The monoisotopic (exact) mass is 723 g/mol. The summed E-state index contributed by atoms with van der Waals surface area (Å²) >= 11 is 0. The lowest BCUT2D eigenvalue weighted by molar-refractivity contribution is -0.167. The zero-order valence-corrected chi connectivity index (χ0v) is 34.7. The summed E-state index contributed by atoms with van der Waals surface area (Å²) in [4.78, 5) is 37.6. The summed E-state index contributed by atoms with van der Waals surface area (Å²) in [7, 11) is 0. The predicted octanol–water partition coefficient (Wildman–Crippen LogP) is 13.8. The Hall–Kier alpha value is -1.59. The summed E-state index contributed by atoms with van der Waals surface area (Å²) in [6.45, 7) is 11.3. The van der Waals surface area contributed by atoms with Gasteiger partial charge >= 0.3 is 17.9 Å². The van der Waals surface area contributed by atoms with Crippen LogP contribution in [0.5, 0.6) is 0 Å². The largest absolute Gasteiger partial charge is 0.462 e. The molecule has 0 heterocycles. The van der Waals surface area contributed by atoms with Crippen LogP contribution in [0.15, 0.2) is 0 Å².